The first-order chi connectivity index (χ1) is 7.89. The molecule has 0 saturated heterocycles. The molecule has 0 aliphatic heterocycles. The minimum absolute atomic E-state index is 0.114. The Labute approximate surface area is 98.4 Å². The van der Waals surface area contributed by atoms with Crippen molar-refractivity contribution in [2.24, 2.45) is 0 Å². The molecule has 0 radical (unpaired) electrons. The summed E-state index contributed by atoms with van der Waals surface area (Å²) in [5.74, 6) is 0.0577. The SMILES string of the molecule is CC(C)(C)n1nnnc1-c1ccc(N)c(F)c1. The molecule has 5 nitrogen and oxygen atoms in total. The molecule has 0 fully saturated rings. The van der Waals surface area contributed by atoms with Gasteiger partial charge in [-0.25, -0.2) is 9.07 Å². The Bertz CT molecular complexity index is 541. The van der Waals surface area contributed by atoms with Gasteiger partial charge in [0.05, 0.1) is 11.2 Å². The second kappa shape index (κ2) is 3.80. The molecule has 1 heterocycles. The molecule has 6 heteroatoms. The number of hydrogen-bond acceptors (Lipinski definition) is 4. The van der Waals surface area contributed by atoms with E-state index in [1.165, 1.54) is 12.1 Å². The lowest BCUT2D eigenvalue weighted by atomic mass is 10.1. The molecule has 1 aromatic heterocycles. The molecule has 2 aromatic rings. The number of benzene rings is 1. The van der Waals surface area contributed by atoms with E-state index in [0.717, 1.165) is 0 Å². The van der Waals surface area contributed by atoms with Gasteiger partial charge in [-0.3, -0.25) is 0 Å². The Morgan fingerprint density at radius 1 is 1.29 bits per heavy atom. The van der Waals surface area contributed by atoms with Gasteiger partial charge in [-0.1, -0.05) is 0 Å². The Balaban J connectivity index is 2.54. The lowest BCUT2D eigenvalue weighted by Crippen LogP contribution is -2.24. The van der Waals surface area contributed by atoms with Gasteiger partial charge in [0.15, 0.2) is 5.82 Å². The highest BCUT2D eigenvalue weighted by Crippen LogP contribution is 2.24. The van der Waals surface area contributed by atoms with E-state index in [4.69, 9.17) is 5.73 Å². The first-order valence-corrected chi connectivity index (χ1v) is 5.24. The van der Waals surface area contributed by atoms with Crippen LogP contribution < -0.4 is 5.73 Å². The van der Waals surface area contributed by atoms with E-state index in [2.05, 4.69) is 15.5 Å². The molecule has 0 saturated carbocycles. The summed E-state index contributed by atoms with van der Waals surface area (Å²) >= 11 is 0. The highest BCUT2D eigenvalue weighted by Gasteiger charge is 2.21. The Hall–Kier alpha value is -1.98. The van der Waals surface area contributed by atoms with E-state index < -0.39 is 5.82 Å². The minimum atomic E-state index is -0.467. The fourth-order valence-electron chi connectivity index (χ4n) is 1.49. The number of rotatable bonds is 1. The first kappa shape index (κ1) is 11.5. The van der Waals surface area contributed by atoms with Crippen LogP contribution in [0.2, 0.25) is 0 Å². The summed E-state index contributed by atoms with van der Waals surface area (Å²) in [5.41, 5.74) is 5.89. The monoisotopic (exact) mass is 235 g/mol. The minimum Gasteiger partial charge on any atom is -0.396 e. The number of nitrogen functional groups attached to an aromatic ring is 1. The van der Waals surface area contributed by atoms with Crippen molar-refractivity contribution < 1.29 is 4.39 Å². The summed E-state index contributed by atoms with van der Waals surface area (Å²) in [6.07, 6.45) is 0. The average Bonchev–Trinajstić information content (AvgIpc) is 2.70. The fourth-order valence-corrected chi connectivity index (χ4v) is 1.49. The number of nitrogens with zero attached hydrogens (tertiary/aromatic N) is 4. The van der Waals surface area contributed by atoms with E-state index in [9.17, 15) is 4.39 Å². The highest BCUT2D eigenvalue weighted by atomic mass is 19.1. The maximum absolute atomic E-state index is 13.4. The molecule has 0 spiro atoms. The van der Waals surface area contributed by atoms with Gasteiger partial charge in [-0.15, -0.1) is 5.10 Å². The number of nitrogens with two attached hydrogens (primary N) is 1. The molecule has 0 bridgehead atoms. The third-order valence-corrected chi connectivity index (χ3v) is 2.36. The molecule has 0 atom stereocenters. The number of halogens is 1. The number of anilines is 1. The van der Waals surface area contributed by atoms with Crippen LogP contribution in [0.1, 0.15) is 20.8 Å². The van der Waals surface area contributed by atoms with Crippen molar-refractivity contribution in [2.75, 3.05) is 5.73 Å². The Morgan fingerprint density at radius 3 is 2.59 bits per heavy atom. The van der Waals surface area contributed by atoms with Gasteiger partial charge in [0, 0.05) is 5.56 Å². The van der Waals surface area contributed by atoms with Gasteiger partial charge in [0.25, 0.3) is 0 Å². The summed E-state index contributed by atoms with van der Waals surface area (Å²) in [6, 6.07) is 4.54. The van der Waals surface area contributed by atoms with Crippen LogP contribution >= 0.6 is 0 Å². The second-order valence-corrected chi connectivity index (χ2v) is 4.82. The molecule has 0 aliphatic rings. The Morgan fingerprint density at radius 2 is 2.00 bits per heavy atom. The molecular weight excluding hydrogens is 221 g/mol. The third-order valence-electron chi connectivity index (χ3n) is 2.36. The number of aromatic nitrogens is 4. The van der Waals surface area contributed by atoms with E-state index >= 15 is 0 Å². The van der Waals surface area contributed by atoms with Crippen molar-refractivity contribution >= 4 is 5.69 Å². The van der Waals surface area contributed by atoms with E-state index in [0.29, 0.717) is 11.4 Å². The van der Waals surface area contributed by atoms with Gasteiger partial charge < -0.3 is 5.73 Å². The summed E-state index contributed by atoms with van der Waals surface area (Å²) in [5, 5.41) is 11.5. The number of hydrogen-bond donors (Lipinski definition) is 1. The van der Waals surface area contributed by atoms with Crippen molar-refractivity contribution in [3.8, 4) is 11.4 Å². The zero-order valence-corrected chi connectivity index (χ0v) is 9.98. The lowest BCUT2D eigenvalue weighted by molar-refractivity contribution is 0.351. The topological polar surface area (TPSA) is 69.6 Å². The van der Waals surface area contributed by atoms with E-state index in [-0.39, 0.29) is 11.2 Å². The van der Waals surface area contributed by atoms with Crippen molar-refractivity contribution in [1.29, 1.82) is 0 Å². The molecule has 0 aliphatic carbocycles. The van der Waals surface area contributed by atoms with Gasteiger partial charge >= 0.3 is 0 Å². The first-order valence-electron chi connectivity index (χ1n) is 5.24. The molecule has 1 aromatic carbocycles. The van der Waals surface area contributed by atoms with Gasteiger partial charge in [-0.05, 0) is 49.4 Å². The van der Waals surface area contributed by atoms with Crippen molar-refractivity contribution in [1.82, 2.24) is 20.2 Å². The highest BCUT2D eigenvalue weighted by molar-refractivity contribution is 5.59. The molecule has 0 amide bonds. The second-order valence-electron chi connectivity index (χ2n) is 4.82. The van der Waals surface area contributed by atoms with Crippen LogP contribution in [-0.4, -0.2) is 20.2 Å². The quantitative estimate of drug-likeness (QED) is 0.765. The summed E-state index contributed by atoms with van der Waals surface area (Å²) < 4.78 is 15.0. The van der Waals surface area contributed by atoms with E-state index in [1.54, 1.807) is 10.7 Å². The summed E-state index contributed by atoms with van der Waals surface area (Å²) in [7, 11) is 0. The standard InChI is InChI=1S/C11H14FN5/c1-11(2,3)17-10(14-15-16-17)7-4-5-9(13)8(12)6-7/h4-6H,13H2,1-3H3. The lowest BCUT2D eigenvalue weighted by Gasteiger charge is -2.19. The maximum atomic E-state index is 13.4. The fraction of sp³-hybridized carbons (Fsp3) is 0.364. The van der Waals surface area contributed by atoms with Crippen LogP contribution in [0.25, 0.3) is 11.4 Å². The summed E-state index contributed by atoms with van der Waals surface area (Å²) in [6.45, 7) is 5.92. The predicted molar refractivity (Wildman–Crippen MR) is 62.6 cm³/mol. The van der Waals surface area contributed by atoms with Gasteiger partial charge in [-0.2, -0.15) is 0 Å². The van der Waals surface area contributed by atoms with Crippen molar-refractivity contribution in [3.05, 3.63) is 24.0 Å². The third kappa shape index (κ3) is 2.11. The largest absolute Gasteiger partial charge is 0.396 e. The molecule has 0 unspecified atom stereocenters. The van der Waals surface area contributed by atoms with Crippen molar-refractivity contribution in [3.63, 3.8) is 0 Å². The van der Waals surface area contributed by atoms with E-state index in [1.807, 2.05) is 20.8 Å². The predicted octanol–water partition coefficient (Wildman–Crippen LogP) is 1.82. The van der Waals surface area contributed by atoms with Crippen LogP contribution in [0.5, 0.6) is 0 Å². The zero-order valence-electron chi connectivity index (χ0n) is 9.98. The number of tetrazole rings is 1. The van der Waals surface area contributed by atoms with Crippen LogP contribution in [-0.2, 0) is 5.54 Å². The van der Waals surface area contributed by atoms with Crippen LogP contribution in [0.4, 0.5) is 10.1 Å². The summed E-state index contributed by atoms with van der Waals surface area (Å²) in [4.78, 5) is 0. The van der Waals surface area contributed by atoms with Crippen LogP contribution in [0.15, 0.2) is 18.2 Å². The molecule has 17 heavy (non-hydrogen) atoms. The average molecular weight is 235 g/mol. The molecule has 2 N–H and O–H groups in total. The van der Waals surface area contributed by atoms with Gasteiger partial charge in [0.2, 0.25) is 0 Å². The zero-order chi connectivity index (χ0) is 12.6. The molecule has 2 rings (SSSR count). The van der Waals surface area contributed by atoms with Crippen molar-refractivity contribution in [2.45, 2.75) is 26.3 Å². The normalized spacial score (nSPS) is 11.8. The smallest absolute Gasteiger partial charge is 0.182 e. The Kier molecular flexibility index (Phi) is 2.57. The van der Waals surface area contributed by atoms with Gasteiger partial charge in [0.1, 0.15) is 5.82 Å². The van der Waals surface area contributed by atoms with Crippen LogP contribution in [0, 0.1) is 5.82 Å². The molecule has 90 valence electrons. The molecular formula is C11H14FN5. The maximum Gasteiger partial charge on any atom is 0.182 e. The van der Waals surface area contributed by atoms with Crippen LogP contribution in [0.3, 0.4) is 0 Å².